The molecule has 0 aliphatic heterocycles. The normalized spacial score (nSPS) is 11.8. The molecule has 0 bridgehead atoms. The number of rotatable bonds is 6. The minimum Gasteiger partial charge on any atom is -0.338 e. The van der Waals surface area contributed by atoms with Crippen LogP contribution in [0, 0.1) is 0 Å². The van der Waals surface area contributed by atoms with E-state index in [1.54, 1.807) is 13.8 Å². The molecule has 1 aromatic carbocycles. The van der Waals surface area contributed by atoms with Gasteiger partial charge in [-0.15, -0.1) is 5.10 Å². The standard InChI is InChI=1S/C16H21N5O2S/c1-4-11-6-8-12(9-7-11)13-18-16(21-20-13)24-10(3)14(22)19-15(23)17-5-2/h6-10H,4-5H2,1-3H3,(H,18,20,21)(H2,17,19,22,23)/t10-/m0/s1. The number of nitrogens with zero attached hydrogens (tertiary/aromatic N) is 2. The van der Waals surface area contributed by atoms with Crippen LogP contribution in [-0.4, -0.2) is 38.9 Å². The summed E-state index contributed by atoms with van der Waals surface area (Å²) < 4.78 is 0. The van der Waals surface area contributed by atoms with Crippen molar-refractivity contribution in [2.24, 2.45) is 0 Å². The van der Waals surface area contributed by atoms with Crippen LogP contribution in [0.5, 0.6) is 0 Å². The van der Waals surface area contributed by atoms with Crippen molar-refractivity contribution in [1.82, 2.24) is 25.8 Å². The van der Waals surface area contributed by atoms with Gasteiger partial charge >= 0.3 is 6.03 Å². The molecular formula is C16H21N5O2S. The summed E-state index contributed by atoms with van der Waals surface area (Å²) in [5.74, 6) is 0.265. The number of carbonyl (C=O) groups excluding carboxylic acids is 2. The number of carbonyl (C=O) groups is 2. The molecular weight excluding hydrogens is 326 g/mol. The zero-order chi connectivity index (χ0) is 17.5. The number of hydrogen-bond acceptors (Lipinski definition) is 5. The number of thioether (sulfide) groups is 1. The van der Waals surface area contributed by atoms with E-state index in [0.29, 0.717) is 17.5 Å². The van der Waals surface area contributed by atoms with Gasteiger partial charge in [0.1, 0.15) is 0 Å². The lowest BCUT2D eigenvalue weighted by Crippen LogP contribution is -2.42. The molecule has 7 nitrogen and oxygen atoms in total. The topological polar surface area (TPSA) is 99.8 Å². The second kappa shape index (κ2) is 8.49. The minimum absolute atomic E-state index is 0.385. The van der Waals surface area contributed by atoms with Crippen molar-refractivity contribution in [3.63, 3.8) is 0 Å². The van der Waals surface area contributed by atoms with Crippen molar-refractivity contribution >= 4 is 23.7 Å². The summed E-state index contributed by atoms with van der Waals surface area (Å²) in [6.45, 7) is 6.04. The number of benzene rings is 1. The van der Waals surface area contributed by atoms with Crippen LogP contribution in [0.25, 0.3) is 11.4 Å². The van der Waals surface area contributed by atoms with E-state index in [2.05, 4.69) is 32.7 Å². The maximum absolute atomic E-state index is 11.9. The van der Waals surface area contributed by atoms with E-state index in [1.807, 2.05) is 24.3 Å². The van der Waals surface area contributed by atoms with Crippen molar-refractivity contribution in [1.29, 1.82) is 0 Å². The lowest BCUT2D eigenvalue weighted by molar-refractivity contribution is -0.119. The summed E-state index contributed by atoms with van der Waals surface area (Å²) >= 11 is 1.19. The monoisotopic (exact) mass is 347 g/mol. The van der Waals surface area contributed by atoms with Gasteiger partial charge in [-0.1, -0.05) is 43.0 Å². The van der Waals surface area contributed by atoms with Crippen LogP contribution in [0.2, 0.25) is 0 Å². The summed E-state index contributed by atoms with van der Waals surface area (Å²) in [7, 11) is 0. The van der Waals surface area contributed by atoms with Crippen LogP contribution in [0.3, 0.4) is 0 Å². The van der Waals surface area contributed by atoms with Gasteiger partial charge in [-0.3, -0.25) is 15.2 Å². The molecule has 2 aromatic rings. The Morgan fingerprint density at radius 2 is 1.96 bits per heavy atom. The summed E-state index contributed by atoms with van der Waals surface area (Å²) in [4.78, 5) is 27.7. The highest BCUT2D eigenvalue weighted by molar-refractivity contribution is 8.00. The number of amides is 3. The zero-order valence-corrected chi connectivity index (χ0v) is 14.7. The zero-order valence-electron chi connectivity index (χ0n) is 13.9. The summed E-state index contributed by atoms with van der Waals surface area (Å²) in [5, 5.41) is 11.8. The van der Waals surface area contributed by atoms with Crippen LogP contribution in [0.15, 0.2) is 29.4 Å². The molecule has 1 atom stereocenters. The van der Waals surface area contributed by atoms with Gasteiger partial charge in [0, 0.05) is 12.1 Å². The van der Waals surface area contributed by atoms with Crippen LogP contribution in [-0.2, 0) is 11.2 Å². The fourth-order valence-corrected chi connectivity index (χ4v) is 2.68. The Morgan fingerprint density at radius 1 is 1.25 bits per heavy atom. The van der Waals surface area contributed by atoms with Crippen LogP contribution in [0.4, 0.5) is 4.79 Å². The molecule has 0 spiro atoms. The van der Waals surface area contributed by atoms with Crippen molar-refractivity contribution in [3.8, 4) is 11.4 Å². The van der Waals surface area contributed by atoms with Crippen LogP contribution < -0.4 is 10.6 Å². The third kappa shape index (κ3) is 4.82. The Kier molecular flexibility index (Phi) is 6.36. The second-order valence-electron chi connectivity index (χ2n) is 5.13. The number of nitrogens with one attached hydrogen (secondary N) is 3. The molecule has 0 radical (unpaired) electrons. The molecule has 0 fully saturated rings. The van der Waals surface area contributed by atoms with Crippen LogP contribution in [0.1, 0.15) is 26.3 Å². The average molecular weight is 347 g/mol. The highest BCUT2D eigenvalue weighted by atomic mass is 32.2. The maximum Gasteiger partial charge on any atom is 0.321 e. The van der Waals surface area contributed by atoms with E-state index >= 15 is 0 Å². The molecule has 3 N–H and O–H groups in total. The maximum atomic E-state index is 11.9. The molecule has 2 rings (SSSR count). The van der Waals surface area contributed by atoms with E-state index in [1.165, 1.54) is 17.3 Å². The van der Waals surface area contributed by atoms with Crippen molar-refractivity contribution in [3.05, 3.63) is 29.8 Å². The third-order valence-corrected chi connectivity index (χ3v) is 4.29. The highest BCUT2D eigenvalue weighted by Gasteiger charge is 2.19. The smallest absolute Gasteiger partial charge is 0.321 e. The fourth-order valence-electron chi connectivity index (χ4n) is 1.96. The summed E-state index contributed by atoms with van der Waals surface area (Å²) in [5.41, 5.74) is 2.19. The number of aromatic nitrogens is 3. The third-order valence-electron chi connectivity index (χ3n) is 3.33. The lowest BCUT2D eigenvalue weighted by Gasteiger charge is -2.09. The molecule has 3 amide bonds. The summed E-state index contributed by atoms with van der Waals surface area (Å²) in [6.07, 6.45) is 0.982. The molecule has 0 aliphatic rings. The van der Waals surface area contributed by atoms with Gasteiger partial charge in [-0.2, -0.15) is 0 Å². The van der Waals surface area contributed by atoms with E-state index in [9.17, 15) is 9.59 Å². The van der Waals surface area contributed by atoms with Gasteiger partial charge < -0.3 is 5.32 Å². The van der Waals surface area contributed by atoms with E-state index in [4.69, 9.17) is 0 Å². The number of hydrogen-bond donors (Lipinski definition) is 3. The van der Waals surface area contributed by atoms with E-state index < -0.39 is 11.3 Å². The van der Waals surface area contributed by atoms with Gasteiger partial charge in [-0.25, -0.2) is 9.78 Å². The summed E-state index contributed by atoms with van der Waals surface area (Å²) in [6, 6.07) is 7.57. The first kappa shape index (κ1) is 18.0. The predicted octanol–water partition coefficient (Wildman–Crippen LogP) is 2.36. The largest absolute Gasteiger partial charge is 0.338 e. The molecule has 0 saturated heterocycles. The highest BCUT2D eigenvalue weighted by Crippen LogP contribution is 2.23. The number of imide groups is 1. The van der Waals surface area contributed by atoms with Gasteiger partial charge in [0.05, 0.1) is 5.25 Å². The van der Waals surface area contributed by atoms with Crippen molar-refractivity contribution in [2.45, 2.75) is 37.6 Å². The molecule has 8 heteroatoms. The number of aromatic amines is 1. The Hall–Kier alpha value is -2.35. The lowest BCUT2D eigenvalue weighted by atomic mass is 10.1. The van der Waals surface area contributed by atoms with Gasteiger partial charge in [0.15, 0.2) is 5.82 Å². The first-order valence-corrected chi connectivity index (χ1v) is 8.68. The van der Waals surface area contributed by atoms with Gasteiger partial charge in [-0.05, 0) is 25.8 Å². The molecule has 128 valence electrons. The number of urea groups is 1. The Morgan fingerprint density at radius 3 is 2.58 bits per heavy atom. The van der Waals surface area contributed by atoms with Crippen molar-refractivity contribution < 1.29 is 9.59 Å². The Balaban J connectivity index is 1.97. The number of H-pyrrole nitrogens is 1. The first-order chi connectivity index (χ1) is 11.5. The second-order valence-corrected chi connectivity index (χ2v) is 6.43. The minimum atomic E-state index is -0.498. The Bertz CT molecular complexity index is 699. The van der Waals surface area contributed by atoms with Gasteiger partial charge in [0.2, 0.25) is 11.1 Å². The molecule has 0 saturated carbocycles. The Labute approximate surface area is 145 Å². The van der Waals surface area contributed by atoms with Crippen LogP contribution >= 0.6 is 11.8 Å². The molecule has 0 aliphatic carbocycles. The van der Waals surface area contributed by atoms with Crippen molar-refractivity contribution in [2.75, 3.05) is 6.54 Å². The first-order valence-electron chi connectivity index (χ1n) is 7.80. The van der Waals surface area contributed by atoms with Gasteiger partial charge in [0.25, 0.3) is 0 Å². The predicted molar refractivity (Wildman–Crippen MR) is 93.7 cm³/mol. The molecule has 1 heterocycles. The average Bonchev–Trinajstić information content (AvgIpc) is 3.03. The molecule has 24 heavy (non-hydrogen) atoms. The molecule has 0 unspecified atom stereocenters. The van der Waals surface area contributed by atoms with E-state index in [0.717, 1.165) is 12.0 Å². The SMILES string of the molecule is CCNC(=O)NC(=O)[C@H](C)Sc1n[nH]c(-c2ccc(CC)cc2)n1. The number of aryl methyl sites for hydroxylation is 1. The van der Waals surface area contributed by atoms with E-state index in [-0.39, 0.29) is 5.91 Å². The molecule has 1 aromatic heterocycles. The fraction of sp³-hybridized carbons (Fsp3) is 0.375. The quantitative estimate of drug-likeness (QED) is 0.697.